The molecule has 0 bridgehead atoms. The summed E-state index contributed by atoms with van der Waals surface area (Å²) >= 11 is 2.33. The lowest BCUT2D eigenvalue weighted by Crippen LogP contribution is -2.25. The van der Waals surface area contributed by atoms with Crippen LogP contribution in [-0.4, -0.2) is 13.4 Å². The summed E-state index contributed by atoms with van der Waals surface area (Å²) in [5, 5.41) is 3.36. The molecule has 19 heavy (non-hydrogen) atoms. The molecule has 104 valence electrons. The van der Waals surface area contributed by atoms with Crippen molar-refractivity contribution < 1.29 is 8.42 Å². The number of hydrogen-bond donors (Lipinski definition) is 3. The quantitative estimate of drug-likeness (QED) is 0.756. The smallest absolute Gasteiger partial charge is 0.304 e. The highest BCUT2D eigenvalue weighted by molar-refractivity contribution is 7.89. The number of nitrogens with one attached hydrogen (secondary N) is 2. The maximum Gasteiger partial charge on any atom is 0.304 e. The van der Waals surface area contributed by atoms with E-state index in [1.165, 1.54) is 11.3 Å². The Kier molecular flexibility index (Phi) is 4.21. The SMILES string of the molecule is Cc1csc(CN)c1S(=O)(=O)NCc1csc(=O)[nH]1. The number of thiazole rings is 1. The summed E-state index contributed by atoms with van der Waals surface area (Å²) in [5.74, 6) is 0. The molecule has 0 radical (unpaired) electrons. The topological polar surface area (TPSA) is 105 Å². The summed E-state index contributed by atoms with van der Waals surface area (Å²) in [7, 11) is -3.62. The van der Waals surface area contributed by atoms with Crippen LogP contribution in [0.4, 0.5) is 0 Å². The van der Waals surface area contributed by atoms with E-state index in [-0.39, 0.29) is 22.9 Å². The molecule has 4 N–H and O–H groups in total. The number of aromatic nitrogens is 1. The zero-order chi connectivity index (χ0) is 14.0. The van der Waals surface area contributed by atoms with Gasteiger partial charge in [-0.25, -0.2) is 13.1 Å². The van der Waals surface area contributed by atoms with Gasteiger partial charge in [-0.3, -0.25) is 4.79 Å². The molecule has 0 atom stereocenters. The van der Waals surface area contributed by atoms with Crippen molar-refractivity contribution in [3.8, 4) is 0 Å². The molecule has 0 spiro atoms. The van der Waals surface area contributed by atoms with Gasteiger partial charge in [-0.15, -0.1) is 11.3 Å². The fraction of sp³-hybridized carbons (Fsp3) is 0.300. The Morgan fingerprint density at radius 1 is 1.37 bits per heavy atom. The van der Waals surface area contributed by atoms with E-state index < -0.39 is 10.0 Å². The first-order chi connectivity index (χ1) is 8.94. The molecule has 0 aliphatic rings. The van der Waals surface area contributed by atoms with Gasteiger partial charge in [0.2, 0.25) is 10.0 Å². The highest BCUT2D eigenvalue weighted by Gasteiger charge is 2.22. The van der Waals surface area contributed by atoms with Crippen LogP contribution >= 0.6 is 22.7 Å². The molecule has 2 aromatic heterocycles. The van der Waals surface area contributed by atoms with Gasteiger partial charge in [-0.2, -0.15) is 0 Å². The molecule has 0 aliphatic carbocycles. The van der Waals surface area contributed by atoms with Crippen LogP contribution in [0.5, 0.6) is 0 Å². The lowest BCUT2D eigenvalue weighted by Gasteiger charge is -2.07. The molecule has 6 nitrogen and oxygen atoms in total. The third kappa shape index (κ3) is 3.12. The normalized spacial score (nSPS) is 11.9. The Balaban J connectivity index is 2.23. The van der Waals surface area contributed by atoms with Gasteiger partial charge in [0.15, 0.2) is 0 Å². The summed E-state index contributed by atoms with van der Waals surface area (Å²) in [5.41, 5.74) is 6.76. The largest absolute Gasteiger partial charge is 0.326 e. The van der Waals surface area contributed by atoms with E-state index in [0.717, 1.165) is 11.3 Å². The van der Waals surface area contributed by atoms with E-state index in [1.807, 2.05) is 0 Å². The monoisotopic (exact) mass is 319 g/mol. The standard InChI is InChI=1S/C10H13N3O3S3/c1-6-4-17-8(2-11)9(6)19(15,16)12-3-7-5-18-10(14)13-7/h4-5,12H,2-3,11H2,1H3,(H,13,14). The molecule has 0 saturated carbocycles. The van der Waals surface area contributed by atoms with E-state index in [9.17, 15) is 13.2 Å². The summed E-state index contributed by atoms with van der Waals surface area (Å²) < 4.78 is 26.9. The van der Waals surface area contributed by atoms with Crippen molar-refractivity contribution in [3.05, 3.63) is 36.6 Å². The van der Waals surface area contributed by atoms with Gasteiger partial charge in [0, 0.05) is 22.5 Å². The van der Waals surface area contributed by atoms with Gasteiger partial charge in [0.1, 0.15) is 4.90 Å². The number of aromatic amines is 1. The van der Waals surface area contributed by atoms with Crippen molar-refractivity contribution in [2.24, 2.45) is 5.73 Å². The molecule has 2 heterocycles. The second-order valence-electron chi connectivity index (χ2n) is 3.87. The molecule has 0 amide bonds. The van der Waals surface area contributed by atoms with Crippen LogP contribution < -0.4 is 15.3 Å². The first-order valence-electron chi connectivity index (χ1n) is 5.37. The number of nitrogens with two attached hydrogens (primary N) is 1. The van der Waals surface area contributed by atoms with Gasteiger partial charge in [0.05, 0.1) is 6.54 Å². The zero-order valence-electron chi connectivity index (χ0n) is 10.1. The zero-order valence-corrected chi connectivity index (χ0v) is 12.5. The molecular weight excluding hydrogens is 306 g/mol. The van der Waals surface area contributed by atoms with E-state index >= 15 is 0 Å². The average Bonchev–Trinajstić information content (AvgIpc) is 2.93. The molecule has 2 aromatic rings. The third-order valence-corrected chi connectivity index (χ3v) is 6.07. The van der Waals surface area contributed by atoms with Crippen LogP contribution in [-0.2, 0) is 23.1 Å². The predicted molar refractivity (Wildman–Crippen MR) is 75.9 cm³/mol. The van der Waals surface area contributed by atoms with Crippen molar-refractivity contribution in [3.63, 3.8) is 0 Å². The first kappa shape index (κ1) is 14.4. The molecule has 0 fully saturated rings. The van der Waals surface area contributed by atoms with Crippen molar-refractivity contribution in [1.82, 2.24) is 9.71 Å². The number of thiophene rings is 1. The molecule has 0 aromatic carbocycles. The summed E-state index contributed by atoms with van der Waals surface area (Å²) in [6.07, 6.45) is 0. The van der Waals surface area contributed by atoms with E-state index in [1.54, 1.807) is 17.7 Å². The van der Waals surface area contributed by atoms with Gasteiger partial charge in [0.25, 0.3) is 0 Å². The van der Waals surface area contributed by atoms with Gasteiger partial charge >= 0.3 is 4.87 Å². The third-order valence-electron chi connectivity index (χ3n) is 2.47. The number of aryl methyl sites for hydroxylation is 1. The van der Waals surface area contributed by atoms with Crippen molar-refractivity contribution in [2.45, 2.75) is 24.9 Å². The molecule has 0 unspecified atom stereocenters. The molecule has 9 heteroatoms. The molecule has 0 aliphatic heterocycles. The molecular formula is C10H13N3O3S3. The Labute approximate surface area is 118 Å². The highest BCUT2D eigenvalue weighted by atomic mass is 32.2. The summed E-state index contributed by atoms with van der Waals surface area (Å²) in [6, 6.07) is 0. The van der Waals surface area contributed by atoms with Crippen molar-refractivity contribution in [1.29, 1.82) is 0 Å². The minimum atomic E-state index is -3.62. The molecule has 2 rings (SSSR count). The van der Waals surface area contributed by atoms with Gasteiger partial charge < -0.3 is 10.7 Å². The number of H-pyrrole nitrogens is 1. The van der Waals surface area contributed by atoms with Crippen LogP contribution in [0.1, 0.15) is 16.1 Å². The van der Waals surface area contributed by atoms with Crippen molar-refractivity contribution >= 4 is 32.7 Å². The predicted octanol–water partition coefficient (Wildman–Crippen LogP) is 0.744. The van der Waals surface area contributed by atoms with Crippen LogP contribution in [0.25, 0.3) is 0 Å². The Morgan fingerprint density at radius 2 is 2.11 bits per heavy atom. The minimum absolute atomic E-state index is 0.0559. The minimum Gasteiger partial charge on any atom is -0.326 e. The van der Waals surface area contributed by atoms with Crippen molar-refractivity contribution in [2.75, 3.05) is 0 Å². The van der Waals surface area contributed by atoms with Crippen LogP contribution in [0.3, 0.4) is 0 Å². The van der Waals surface area contributed by atoms with E-state index in [4.69, 9.17) is 5.73 Å². The second kappa shape index (κ2) is 5.55. The fourth-order valence-electron chi connectivity index (χ4n) is 1.63. The maximum absolute atomic E-state index is 12.2. The Hall–Kier alpha value is -1.00. The van der Waals surface area contributed by atoms with Crippen LogP contribution in [0, 0.1) is 6.92 Å². The van der Waals surface area contributed by atoms with Gasteiger partial charge in [-0.05, 0) is 17.9 Å². The summed E-state index contributed by atoms with van der Waals surface area (Å²) in [4.78, 5) is 14.2. The number of rotatable bonds is 5. The first-order valence-corrected chi connectivity index (χ1v) is 8.61. The number of hydrogen-bond acceptors (Lipinski definition) is 6. The second-order valence-corrected chi connectivity index (χ2v) is 7.38. The van der Waals surface area contributed by atoms with E-state index in [0.29, 0.717) is 16.1 Å². The summed E-state index contributed by atoms with van der Waals surface area (Å²) in [6.45, 7) is 1.97. The van der Waals surface area contributed by atoms with Crippen LogP contribution in [0.15, 0.2) is 20.5 Å². The lowest BCUT2D eigenvalue weighted by atomic mass is 10.3. The Morgan fingerprint density at radius 3 is 2.68 bits per heavy atom. The highest BCUT2D eigenvalue weighted by Crippen LogP contribution is 2.26. The lowest BCUT2D eigenvalue weighted by molar-refractivity contribution is 0.579. The fourth-order valence-corrected chi connectivity index (χ4v) is 4.92. The molecule has 0 saturated heterocycles. The average molecular weight is 319 g/mol. The number of sulfonamides is 1. The van der Waals surface area contributed by atoms with Crippen LogP contribution in [0.2, 0.25) is 0 Å². The van der Waals surface area contributed by atoms with E-state index in [2.05, 4.69) is 9.71 Å². The maximum atomic E-state index is 12.2. The van der Waals surface area contributed by atoms with Gasteiger partial charge in [-0.1, -0.05) is 11.3 Å². The Bertz CT molecular complexity index is 727.